The highest BCUT2D eigenvalue weighted by Crippen LogP contribution is 2.41. The maximum absolute atomic E-state index is 14.1. The Labute approximate surface area is 306 Å². The van der Waals surface area contributed by atoms with Gasteiger partial charge >= 0.3 is 5.97 Å². The van der Waals surface area contributed by atoms with Crippen molar-refractivity contribution in [1.29, 1.82) is 0 Å². The summed E-state index contributed by atoms with van der Waals surface area (Å²) >= 11 is 0. The molecule has 0 spiro atoms. The van der Waals surface area contributed by atoms with Gasteiger partial charge < -0.3 is 55.3 Å². The second kappa shape index (κ2) is 17.3. The lowest BCUT2D eigenvalue weighted by atomic mass is 9.70. The van der Waals surface area contributed by atoms with Crippen molar-refractivity contribution >= 4 is 17.3 Å². The number of carbonyl (C=O) groups excluding carboxylic acids is 1. The van der Waals surface area contributed by atoms with Crippen molar-refractivity contribution in [3.8, 4) is 0 Å². The number of benzene rings is 1. The van der Waals surface area contributed by atoms with Gasteiger partial charge in [0.25, 0.3) is 5.69 Å². The van der Waals surface area contributed by atoms with Crippen molar-refractivity contribution in [3.05, 3.63) is 34.1 Å². The Bertz CT molecular complexity index is 1370. The van der Waals surface area contributed by atoms with Gasteiger partial charge in [-0.3, -0.25) is 14.9 Å². The fraction of sp³-hybridized carbons (Fsp3) is 0.806. The van der Waals surface area contributed by atoms with Gasteiger partial charge in [-0.25, -0.2) is 4.39 Å². The number of aliphatic hydroxyl groups excluding tert-OH is 2. The molecule has 0 radical (unpaired) electrons. The van der Waals surface area contributed by atoms with Gasteiger partial charge in [-0.1, -0.05) is 20.8 Å². The zero-order valence-corrected chi connectivity index (χ0v) is 32.1. The average molecular weight is 745 g/mol. The third kappa shape index (κ3) is 9.76. The van der Waals surface area contributed by atoms with Crippen LogP contribution < -0.4 is 10.6 Å². The van der Waals surface area contributed by atoms with Crippen molar-refractivity contribution in [3.63, 3.8) is 0 Å². The van der Waals surface area contributed by atoms with E-state index in [1.165, 1.54) is 20.8 Å². The van der Waals surface area contributed by atoms with Crippen LogP contribution in [0.3, 0.4) is 0 Å². The molecule has 3 rings (SSSR count). The molecule has 2 saturated heterocycles. The molecule has 0 aromatic heterocycles. The number of rotatable bonds is 8. The number of carbonyl (C=O) groups is 1. The van der Waals surface area contributed by atoms with Gasteiger partial charge in [0.2, 0.25) is 0 Å². The SMILES string of the molecule is CC[C@H]1OC(=O)C(C)[C@@](O)(CNc2ccc(F)cc2[N+](=O)[O-])[C@H](C)[C@@H](O[C@@H]2O[C@H](C)C[C@H](N(C)C)[C@H]2O)[C@@](C)(O)C[C@@H](C)CN[C@H](C)[C@@H](O)[C@]1(C)O. The average Bonchev–Trinajstić information content (AvgIpc) is 3.06. The van der Waals surface area contributed by atoms with Gasteiger partial charge in [0.15, 0.2) is 6.29 Å². The molecule has 52 heavy (non-hydrogen) atoms. The first-order valence-corrected chi connectivity index (χ1v) is 18.1. The van der Waals surface area contributed by atoms with Gasteiger partial charge in [0.1, 0.15) is 35.4 Å². The van der Waals surface area contributed by atoms with E-state index in [2.05, 4.69) is 10.6 Å². The highest BCUT2D eigenvalue weighted by atomic mass is 19.1. The molecule has 1 aromatic carbocycles. The molecule has 2 aliphatic heterocycles. The highest BCUT2D eigenvalue weighted by Gasteiger charge is 2.55. The number of halogens is 1. The Morgan fingerprint density at radius 1 is 1.13 bits per heavy atom. The summed E-state index contributed by atoms with van der Waals surface area (Å²) in [6.45, 7) is 12.6. The van der Waals surface area contributed by atoms with E-state index in [-0.39, 0.29) is 43.1 Å². The maximum atomic E-state index is 14.1. The number of nitrogens with one attached hydrogen (secondary N) is 2. The summed E-state index contributed by atoms with van der Waals surface area (Å²) in [6, 6.07) is 1.82. The number of hydrogen-bond donors (Lipinski definition) is 7. The molecule has 2 fully saturated rings. The number of hydrogen-bond acceptors (Lipinski definition) is 14. The number of aliphatic hydroxyl groups is 5. The number of anilines is 1. The molecule has 2 heterocycles. The minimum atomic E-state index is -2.24. The van der Waals surface area contributed by atoms with Crippen LogP contribution in [0.25, 0.3) is 0 Å². The molecule has 2 aliphatic rings. The van der Waals surface area contributed by atoms with Crippen LogP contribution in [-0.4, -0.2) is 134 Å². The molecular formula is C36H61FN4O11. The van der Waals surface area contributed by atoms with Crippen LogP contribution in [0.15, 0.2) is 18.2 Å². The summed E-state index contributed by atoms with van der Waals surface area (Å²) in [6.07, 6.45) is -6.10. The summed E-state index contributed by atoms with van der Waals surface area (Å²) in [5, 5.41) is 77.2. The van der Waals surface area contributed by atoms with Crippen molar-refractivity contribution in [2.45, 2.75) is 140 Å². The molecular weight excluding hydrogens is 683 g/mol. The summed E-state index contributed by atoms with van der Waals surface area (Å²) in [7, 11) is 3.62. The van der Waals surface area contributed by atoms with E-state index in [1.807, 2.05) is 32.8 Å². The zero-order chi connectivity index (χ0) is 39.5. The fourth-order valence-corrected chi connectivity index (χ4v) is 7.77. The number of esters is 1. The number of nitrogens with zero attached hydrogens (tertiary/aromatic N) is 2. The van der Waals surface area contributed by atoms with Crippen LogP contribution in [-0.2, 0) is 19.0 Å². The molecule has 0 aliphatic carbocycles. The lowest BCUT2D eigenvalue weighted by molar-refractivity contribution is -0.384. The maximum Gasteiger partial charge on any atom is 0.312 e. The van der Waals surface area contributed by atoms with Crippen molar-refractivity contribution in [2.24, 2.45) is 17.8 Å². The van der Waals surface area contributed by atoms with Crippen molar-refractivity contribution in [1.82, 2.24) is 10.2 Å². The van der Waals surface area contributed by atoms with Gasteiger partial charge in [0, 0.05) is 24.5 Å². The first-order valence-electron chi connectivity index (χ1n) is 18.1. The number of nitro groups is 1. The van der Waals surface area contributed by atoms with E-state index in [0.717, 1.165) is 18.2 Å². The first-order chi connectivity index (χ1) is 24.0. The lowest BCUT2D eigenvalue weighted by Crippen LogP contribution is -2.63. The molecule has 0 bridgehead atoms. The molecule has 0 saturated carbocycles. The predicted molar refractivity (Wildman–Crippen MR) is 191 cm³/mol. The molecule has 7 N–H and O–H groups in total. The Balaban J connectivity index is 2.21. The zero-order valence-electron chi connectivity index (χ0n) is 32.1. The van der Waals surface area contributed by atoms with Crippen LogP contribution in [0.1, 0.15) is 74.7 Å². The number of ether oxygens (including phenoxy) is 3. The van der Waals surface area contributed by atoms with Crippen LogP contribution in [0.5, 0.6) is 0 Å². The quantitative estimate of drug-likeness (QED) is 0.115. The normalized spacial score (nSPS) is 41.5. The largest absolute Gasteiger partial charge is 0.459 e. The van der Waals surface area contributed by atoms with Gasteiger partial charge in [-0.05, 0) is 92.6 Å². The molecule has 0 amide bonds. The van der Waals surface area contributed by atoms with E-state index in [1.54, 1.807) is 20.8 Å². The van der Waals surface area contributed by atoms with Crippen LogP contribution >= 0.6 is 0 Å². The van der Waals surface area contributed by atoms with Gasteiger partial charge in [0.05, 0.1) is 40.3 Å². The number of cyclic esters (lactones) is 1. The van der Waals surface area contributed by atoms with Crippen LogP contribution in [0.4, 0.5) is 15.8 Å². The predicted octanol–water partition coefficient (Wildman–Crippen LogP) is 2.16. The summed E-state index contributed by atoms with van der Waals surface area (Å²) in [5.41, 5.74) is -6.69. The van der Waals surface area contributed by atoms with Crippen molar-refractivity contribution in [2.75, 3.05) is 32.5 Å². The first kappa shape index (κ1) is 43.9. The molecule has 15 nitrogen and oxygen atoms in total. The smallest absolute Gasteiger partial charge is 0.312 e. The minimum Gasteiger partial charge on any atom is -0.459 e. The highest BCUT2D eigenvalue weighted by molar-refractivity contribution is 5.74. The van der Waals surface area contributed by atoms with Crippen LogP contribution in [0, 0.1) is 33.7 Å². The topological polar surface area (TPSA) is 216 Å². The van der Waals surface area contributed by atoms with Gasteiger partial charge in [-0.15, -0.1) is 0 Å². The van der Waals surface area contributed by atoms with Crippen molar-refractivity contribution < 1.29 is 53.9 Å². The van der Waals surface area contributed by atoms with E-state index < -0.39 is 94.3 Å². The Morgan fingerprint density at radius 2 is 1.77 bits per heavy atom. The summed E-state index contributed by atoms with van der Waals surface area (Å²) in [4.78, 5) is 27.0. The molecule has 1 unspecified atom stereocenters. The van der Waals surface area contributed by atoms with E-state index >= 15 is 0 Å². The van der Waals surface area contributed by atoms with E-state index in [0.29, 0.717) is 6.42 Å². The second-order valence-corrected chi connectivity index (χ2v) is 15.8. The summed E-state index contributed by atoms with van der Waals surface area (Å²) < 4.78 is 32.5. The Kier molecular flexibility index (Phi) is 14.6. The third-order valence-electron chi connectivity index (χ3n) is 11.1. The Hall–Kier alpha value is -2.54. The van der Waals surface area contributed by atoms with Gasteiger partial charge in [-0.2, -0.15) is 0 Å². The lowest BCUT2D eigenvalue weighted by Gasteiger charge is -2.49. The fourth-order valence-electron chi connectivity index (χ4n) is 7.77. The Morgan fingerprint density at radius 3 is 2.35 bits per heavy atom. The van der Waals surface area contributed by atoms with Crippen LogP contribution in [0.2, 0.25) is 0 Å². The van der Waals surface area contributed by atoms with E-state index in [9.17, 15) is 44.8 Å². The minimum absolute atomic E-state index is 0.0625. The second-order valence-electron chi connectivity index (χ2n) is 15.8. The molecule has 16 heteroatoms. The number of nitro benzene ring substituents is 1. The van der Waals surface area contributed by atoms with E-state index in [4.69, 9.17) is 14.2 Å². The molecule has 14 atom stereocenters. The standard InChI is InChI=1S/C36H61FN4O11/c1-11-28-35(8,46)30(43)23(6)38-17-19(2)16-34(7,45)31(52-33-29(42)27(40(9)10)14-20(3)50-33)21(4)36(47,22(5)32(44)51-28)18-39-25-13-12-24(37)15-26(25)41(48)49/h12-13,15,19-23,27-31,33,38-39,42-43,45-47H,11,14,16-18H2,1-10H3/t19-,20-,21-,22?,23-,27+,28-,29-,30-,31-,33+,34+,35-,36-/m1/s1. The summed E-state index contributed by atoms with van der Waals surface area (Å²) in [5.74, 6) is -4.76. The molecule has 298 valence electrons. The monoisotopic (exact) mass is 744 g/mol. The number of likely N-dealkylation sites (N-methyl/N-ethyl adjacent to an activating group) is 1. The molecule has 1 aromatic rings. The third-order valence-corrected chi connectivity index (χ3v) is 11.1.